The third-order valence-corrected chi connectivity index (χ3v) is 3.91. The fourth-order valence-electron chi connectivity index (χ4n) is 1.69. The van der Waals surface area contributed by atoms with Crippen molar-refractivity contribution < 1.29 is 9.21 Å². The van der Waals surface area contributed by atoms with Gasteiger partial charge in [-0.3, -0.25) is 4.79 Å². The Balaban J connectivity index is 2.04. The van der Waals surface area contributed by atoms with Crippen molar-refractivity contribution in [2.75, 3.05) is 0 Å². The summed E-state index contributed by atoms with van der Waals surface area (Å²) in [6.45, 7) is 3.82. The average molecular weight is 225 g/mol. The predicted molar refractivity (Wildman–Crippen MR) is 59.1 cm³/mol. The molecule has 0 aromatic carbocycles. The number of hydrogen-bond donors (Lipinski definition) is 0. The number of ketones is 1. The molecule has 1 unspecified atom stereocenters. The topological polar surface area (TPSA) is 43.1 Å². The fourth-order valence-corrected chi connectivity index (χ4v) is 2.83. The van der Waals surface area contributed by atoms with Gasteiger partial charge in [0, 0.05) is 6.42 Å². The van der Waals surface area contributed by atoms with Gasteiger partial charge in [-0.05, 0) is 26.7 Å². The fraction of sp³-hybridized carbons (Fsp3) is 0.636. The smallest absolute Gasteiger partial charge is 0.256 e. The van der Waals surface area contributed by atoms with Crippen molar-refractivity contribution >= 4 is 17.5 Å². The summed E-state index contributed by atoms with van der Waals surface area (Å²) in [5, 5.41) is 0.710. The molecular formula is C11H15NO2S. The summed E-state index contributed by atoms with van der Waals surface area (Å²) in [5.41, 5.74) is 0.917. The minimum Gasteiger partial charge on any atom is -0.437 e. The molecule has 1 heterocycles. The molecule has 3 nitrogen and oxygen atoms in total. The lowest BCUT2D eigenvalue weighted by Crippen LogP contribution is -2.21. The van der Waals surface area contributed by atoms with E-state index >= 15 is 0 Å². The van der Waals surface area contributed by atoms with Crippen LogP contribution in [0.1, 0.15) is 37.1 Å². The SMILES string of the molecule is Cc1nc(SC2CCCCC2=O)oc1C. The Kier molecular flexibility index (Phi) is 3.14. The number of oxazole rings is 1. The van der Waals surface area contributed by atoms with E-state index in [1.165, 1.54) is 11.8 Å². The molecule has 1 aromatic heterocycles. The highest BCUT2D eigenvalue weighted by Gasteiger charge is 2.25. The lowest BCUT2D eigenvalue weighted by atomic mass is 9.99. The highest BCUT2D eigenvalue weighted by atomic mass is 32.2. The first-order valence-corrected chi connectivity index (χ1v) is 6.18. The van der Waals surface area contributed by atoms with Crippen molar-refractivity contribution in [2.24, 2.45) is 0 Å². The van der Waals surface area contributed by atoms with E-state index in [0.29, 0.717) is 11.0 Å². The van der Waals surface area contributed by atoms with E-state index in [2.05, 4.69) is 4.98 Å². The van der Waals surface area contributed by atoms with Crippen LogP contribution >= 0.6 is 11.8 Å². The van der Waals surface area contributed by atoms with E-state index in [9.17, 15) is 4.79 Å². The zero-order valence-corrected chi connectivity index (χ0v) is 9.89. The second-order valence-electron chi connectivity index (χ2n) is 3.94. The lowest BCUT2D eigenvalue weighted by Gasteiger charge is -2.17. The van der Waals surface area contributed by atoms with E-state index in [1.807, 2.05) is 13.8 Å². The van der Waals surface area contributed by atoms with Crippen LogP contribution in [0.4, 0.5) is 0 Å². The minimum absolute atomic E-state index is 0.0659. The number of carbonyl (C=O) groups is 1. The second kappa shape index (κ2) is 4.39. The molecule has 0 N–H and O–H groups in total. The molecule has 1 aliphatic rings. The number of Topliss-reactive ketones (excluding diaryl/α,β-unsaturated/α-hetero) is 1. The Hall–Kier alpha value is -0.770. The summed E-state index contributed by atoms with van der Waals surface area (Å²) >= 11 is 1.48. The molecule has 0 spiro atoms. The van der Waals surface area contributed by atoms with E-state index < -0.39 is 0 Å². The van der Waals surface area contributed by atoms with Gasteiger partial charge < -0.3 is 4.42 Å². The number of thioether (sulfide) groups is 1. The maximum absolute atomic E-state index is 11.6. The Bertz CT molecular complexity index is 353. The van der Waals surface area contributed by atoms with Gasteiger partial charge in [0.25, 0.3) is 5.22 Å². The van der Waals surface area contributed by atoms with Crippen molar-refractivity contribution in [1.29, 1.82) is 0 Å². The van der Waals surface area contributed by atoms with Crippen LogP contribution in [-0.2, 0) is 4.79 Å². The number of rotatable bonds is 2. The first kappa shape index (κ1) is 10.7. The maximum Gasteiger partial charge on any atom is 0.256 e. The zero-order chi connectivity index (χ0) is 10.8. The van der Waals surface area contributed by atoms with Gasteiger partial charge in [-0.2, -0.15) is 0 Å². The molecule has 82 valence electrons. The third kappa shape index (κ3) is 2.43. The zero-order valence-electron chi connectivity index (χ0n) is 9.08. The van der Waals surface area contributed by atoms with Gasteiger partial charge in [-0.15, -0.1) is 0 Å². The van der Waals surface area contributed by atoms with Gasteiger partial charge in [0.05, 0.1) is 10.9 Å². The molecule has 0 radical (unpaired) electrons. The van der Waals surface area contributed by atoms with Gasteiger partial charge in [0.2, 0.25) is 0 Å². The highest BCUT2D eigenvalue weighted by molar-refractivity contribution is 8.00. The van der Waals surface area contributed by atoms with E-state index in [0.717, 1.165) is 37.1 Å². The van der Waals surface area contributed by atoms with Crippen LogP contribution in [-0.4, -0.2) is 16.0 Å². The maximum atomic E-state index is 11.6. The van der Waals surface area contributed by atoms with Crippen LogP contribution in [0, 0.1) is 13.8 Å². The standard InChI is InChI=1S/C11H15NO2S/c1-7-8(2)14-11(12-7)15-10-6-4-3-5-9(10)13/h10H,3-6H2,1-2H3. The molecule has 1 fully saturated rings. The molecule has 0 aliphatic heterocycles. The molecular weight excluding hydrogens is 210 g/mol. The second-order valence-corrected chi connectivity index (χ2v) is 5.09. The van der Waals surface area contributed by atoms with Gasteiger partial charge in [-0.1, -0.05) is 18.2 Å². The lowest BCUT2D eigenvalue weighted by molar-refractivity contribution is -0.119. The number of aromatic nitrogens is 1. The summed E-state index contributed by atoms with van der Waals surface area (Å²) in [5.74, 6) is 1.19. The van der Waals surface area contributed by atoms with Crippen molar-refractivity contribution in [3.05, 3.63) is 11.5 Å². The number of aryl methyl sites for hydroxylation is 2. The Morgan fingerprint density at radius 2 is 2.20 bits per heavy atom. The highest BCUT2D eigenvalue weighted by Crippen LogP contribution is 2.31. The van der Waals surface area contributed by atoms with Crippen molar-refractivity contribution in [1.82, 2.24) is 4.98 Å². The van der Waals surface area contributed by atoms with Crippen molar-refractivity contribution in [3.63, 3.8) is 0 Å². The van der Waals surface area contributed by atoms with Crippen LogP contribution in [0.3, 0.4) is 0 Å². The summed E-state index contributed by atoms with van der Waals surface area (Å²) in [6, 6.07) is 0. The summed E-state index contributed by atoms with van der Waals surface area (Å²) in [6.07, 6.45) is 3.86. The van der Waals surface area contributed by atoms with Crippen LogP contribution in [0.25, 0.3) is 0 Å². The molecule has 0 saturated heterocycles. The van der Waals surface area contributed by atoms with Gasteiger partial charge >= 0.3 is 0 Å². The predicted octanol–water partition coefficient (Wildman–Crippen LogP) is 2.90. The Labute approximate surface area is 93.6 Å². The van der Waals surface area contributed by atoms with E-state index in [1.54, 1.807) is 0 Å². The summed E-state index contributed by atoms with van der Waals surface area (Å²) < 4.78 is 5.46. The summed E-state index contributed by atoms with van der Waals surface area (Å²) in [4.78, 5) is 15.9. The molecule has 1 saturated carbocycles. The van der Waals surface area contributed by atoms with Gasteiger partial charge in [0.1, 0.15) is 11.5 Å². The molecule has 1 aliphatic carbocycles. The van der Waals surface area contributed by atoms with Crippen molar-refractivity contribution in [3.8, 4) is 0 Å². The number of nitrogens with zero attached hydrogens (tertiary/aromatic N) is 1. The van der Waals surface area contributed by atoms with Gasteiger partial charge in [0.15, 0.2) is 0 Å². The normalized spacial score (nSPS) is 22.0. The van der Waals surface area contributed by atoms with Crippen LogP contribution < -0.4 is 0 Å². The van der Waals surface area contributed by atoms with Crippen molar-refractivity contribution in [2.45, 2.75) is 50.0 Å². The van der Waals surface area contributed by atoms with E-state index in [-0.39, 0.29) is 5.25 Å². The van der Waals surface area contributed by atoms with Crippen LogP contribution in [0.2, 0.25) is 0 Å². The Morgan fingerprint density at radius 1 is 1.40 bits per heavy atom. The first-order chi connectivity index (χ1) is 7.16. The first-order valence-electron chi connectivity index (χ1n) is 5.30. The number of carbonyl (C=O) groups excluding carboxylic acids is 1. The number of hydrogen-bond acceptors (Lipinski definition) is 4. The van der Waals surface area contributed by atoms with Crippen LogP contribution in [0.15, 0.2) is 9.64 Å². The molecule has 1 aromatic rings. The molecule has 15 heavy (non-hydrogen) atoms. The Morgan fingerprint density at radius 3 is 2.80 bits per heavy atom. The average Bonchev–Trinajstić information content (AvgIpc) is 2.50. The molecule has 1 atom stereocenters. The largest absolute Gasteiger partial charge is 0.437 e. The minimum atomic E-state index is 0.0659. The summed E-state index contributed by atoms with van der Waals surface area (Å²) in [7, 11) is 0. The monoisotopic (exact) mass is 225 g/mol. The molecule has 4 heteroatoms. The van der Waals surface area contributed by atoms with Gasteiger partial charge in [-0.25, -0.2) is 4.98 Å². The molecule has 0 amide bonds. The quantitative estimate of drug-likeness (QED) is 0.776. The molecule has 0 bridgehead atoms. The van der Waals surface area contributed by atoms with Crippen LogP contribution in [0.5, 0.6) is 0 Å². The molecule has 2 rings (SSSR count). The third-order valence-electron chi connectivity index (χ3n) is 2.75. The van der Waals surface area contributed by atoms with E-state index in [4.69, 9.17) is 4.42 Å².